The molecule has 0 aliphatic carbocycles. The zero-order chi connectivity index (χ0) is 11.6. The molecule has 0 spiro atoms. The van der Waals surface area contributed by atoms with Crippen LogP contribution in [-0.2, 0) is 8.54 Å². The van der Waals surface area contributed by atoms with E-state index in [1.54, 1.807) is 7.11 Å². The molecule has 0 aromatic carbocycles. The van der Waals surface area contributed by atoms with Crippen LogP contribution in [0.25, 0.3) is 0 Å². The summed E-state index contributed by atoms with van der Waals surface area (Å²) in [5.41, 5.74) is 0. The van der Waals surface area contributed by atoms with Gasteiger partial charge in [0.25, 0.3) is 8.08 Å². The van der Waals surface area contributed by atoms with Gasteiger partial charge in [-0.05, 0) is 26.2 Å². The van der Waals surface area contributed by atoms with Crippen LogP contribution in [0.1, 0.15) is 0 Å². The molecule has 0 rings (SSSR count). The lowest BCUT2D eigenvalue weighted by atomic mass is 11.8. The first-order valence-electron chi connectivity index (χ1n) is 5.09. The fourth-order valence-corrected chi connectivity index (χ4v) is 18.4. The third-order valence-corrected chi connectivity index (χ3v) is 26.3. The molecule has 0 aromatic rings. The maximum atomic E-state index is 9.98. The SMILES string of the molecule is CO[Si](C)(O[SiH](C)[Si](C)(C)O)[SiH](C)C. The van der Waals surface area contributed by atoms with Crippen molar-refractivity contribution in [1.82, 2.24) is 0 Å². The van der Waals surface area contributed by atoms with Crippen molar-refractivity contribution >= 4 is 32.8 Å². The molecule has 7 heteroatoms. The van der Waals surface area contributed by atoms with Gasteiger partial charge in [-0.15, -0.1) is 0 Å². The van der Waals surface area contributed by atoms with Gasteiger partial charge in [-0.25, -0.2) is 0 Å². The van der Waals surface area contributed by atoms with Gasteiger partial charge in [0.05, 0.1) is 8.31 Å². The summed E-state index contributed by atoms with van der Waals surface area (Å²) in [4.78, 5) is 9.98. The number of hydrogen-bond acceptors (Lipinski definition) is 3. The highest BCUT2D eigenvalue weighted by Gasteiger charge is 2.41. The first-order chi connectivity index (χ1) is 6.13. The van der Waals surface area contributed by atoms with Crippen LogP contribution in [0.4, 0.5) is 0 Å². The topological polar surface area (TPSA) is 38.7 Å². The molecule has 0 bridgehead atoms. The molecular weight excluding hydrogens is 244 g/mol. The Morgan fingerprint density at radius 3 is 1.71 bits per heavy atom. The van der Waals surface area contributed by atoms with E-state index in [0.29, 0.717) is 0 Å². The quantitative estimate of drug-likeness (QED) is 0.754. The minimum atomic E-state index is -2.04. The fraction of sp³-hybridized carbons (Fsp3) is 1.00. The van der Waals surface area contributed by atoms with Crippen LogP contribution in [0.3, 0.4) is 0 Å². The molecule has 0 aliphatic rings. The van der Waals surface area contributed by atoms with E-state index in [0.717, 1.165) is 0 Å². The normalized spacial score (nSPS) is 19.5. The van der Waals surface area contributed by atoms with Gasteiger partial charge in [-0.2, -0.15) is 0 Å². The van der Waals surface area contributed by atoms with E-state index in [9.17, 15) is 4.80 Å². The summed E-state index contributed by atoms with van der Waals surface area (Å²) in [7, 11) is -4.49. The molecule has 14 heavy (non-hydrogen) atoms. The van der Waals surface area contributed by atoms with Crippen LogP contribution in [0.2, 0.25) is 39.3 Å². The maximum absolute atomic E-state index is 9.98. The van der Waals surface area contributed by atoms with E-state index in [2.05, 4.69) is 26.2 Å². The Hall–Kier alpha value is 0.748. The molecule has 0 aliphatic heterocycles. The van der Waals surface area contributed by atoms with E-state index in [-0.39, 0.29) is 0 Å². The van der Waals surface area contributed by atoms with Gasteiger partial charge >= 0.3 is 0 Å². The predicted octanol–water partition coefficient (Wildman–Crippen LogP) is 0.916. The zero-order valence-electron chi connectivity index (χ0n) is 10.4. The van der Waals surface area contributed by atoms with E-state index < -0.39 is 32.8 Å². The van der Waals surface area contributed by atoms with Gasteiger partial charge in [0.15, 0.2) is 16.4 Å². The van der Waals surface area contributed by atoms with Crippen LogP contribution in [0, 0.1) is 0 Å². The summed E-state index contributed by atoms with van der Waals surface area (Å²) < 4.78 is 11.7. The predicted molar refractivity (Wildman–Crippen MR) is 71.3 cm³/mol. The Morgan fingerprint density at radius 1 is 1.07 bits per heavy atom. The summed E-state index contributed by atoms with van der Waals surface area (Å²) in [5.74, 6) is 0. The lowest BCUT2D eigenvalue weighted by Gasteiger charge is -2.35. The third kappa shape index (κ3) is 4.09. The molecule has 0 saturated carbocycles. The van der Waals surface area contributed by atoms with E-state index in [1.807, 2.05) is 13.1 Å². The first-order valence-corrected chi connectivity index (χ1v) is 17.9. The highest BCUT2D eigenvalue weighted by molar-refractivity contribution is 7.33. The van der Waals surface area contributed by atoms with E-state index >= 15 is 0 Å². The van der Waals surface area contributed by atoms with Gasteiger partial charge in [0.1, 0.15) is 0 Å². The molecule has 0 heterocycles. The van der Waals surface area contributed by atoms with Crippen molar-refractivity contribution in [3.8, 4) is 0 Å². The molecular formula is C7H24O3Si4. The van der Waals surface area contributed by atoms with Crippen molar-refractivity contribution in [3.63, 3.8) is 0 Å². The molecule has 2 atom stereocenters. The molecule has 86 valence electrons. The molecule has 1 N–H and O–H groups in total. The summed E-state index contributed by atoms with van der Waals surface area (Å²) in [6.07, 6.45) is 0. The number of hydrogen-bond donors (Lipinski definition) is 1. The van der Waals surface area contributed by atoms with Gasteiger partial charge in [-0.1, -0.05) is 13.1 Å². The highest BCUT2D eigenvalue weighted by Crippen LogP contribution is 2.15. The minimum Gasteiger partial charge on any atom is -0.441 e. The maximum Gasteiger partial charge on any atom is 0.298 e. The summed E-state index contributed by atoms with van der Waals surface area (Å²) in [5, 5.41) is 0. The monoisotopic (exact) mass is 268 g/mol. The standard InChI is InChI=1S/C7H24O3Si4/c1-9-14(7,11(2)3)10-12(4)13(5,6)8/h8,11-12H,1-7H3. The van der Waals surface area contributed by atoms with Crippen LogP contribution in [0.15, 0.2) is 0 Å². The van der Waals surface area contributed by atoms with Crippen LogP contribution in [-0.4, -0.2) is 44.7 Å². The Kier molecular flexibility index (Phi) is 5.47. The van der Waals surface area contributed by atoms with E-state index in [1.165, 1.54) is 0 Å². The molecule has 2 unspecified atom stereocenters. The average molecular weight is 269 g/mol. The lowest BCUT2D eigenvalue weighted by Crippen LogP contribution is -2.59. The molecule has 3 nitrogen and oxygen atoms in total. The van der Waals surface area contributed by atoms with Crippen molar-refractivity contribution in [1.29, 1.82) is 0 Å². The summed E-state index contributed by atoms with van der Waals surface area (Å²) >= 11 is 0. The molecule has 0 aromatic heterocycles. The van der Waals surface area contributed by atoms with Crippen molar-refractivity contribution in [2.45, 2.75) is 39.3 Å². The van der Waals surface area contributed by atoms with Gasteiger partial charge < -0.3 is 13.3 Å². The molecule has 0 saturated heterocycles. The lowest BCUT2D eigenvalue weighted by molar-refractivity contribution is 0.331. The summed E-state index contributed by atoms with van der Waals surface area (Å²) in [6, 6.07) is 0. The van der Waals surface area contributed by atoms with Crippen LogP contribution in [0.5, 0.6) is 0 Å². The fourth-order valence-electron chi connectivity index (χ4n) is 0.915. The van der Waals surface area contributed by atoms with Gasteiger partial charge in [0, 0.05) is 7.11 Å². The van der Waals surface area contributed by atoms with E-state index in [4.69, 9.17) is 8.54 Å². The second-order valence-corrected chi connectivity index (χ2v) is 28.4. The van der Waals surface area contributed by atoms with Gasteiger partial charge in [0.2, 0.25) is 0 Å². The molecule has 0 fully saturated rings. The minimum absolute atomic E-state index is 0.888. The highest BCUT2D eigenvalue weighted by atomic mass is 29.3. The Labute approximate surface area is 92.7 Å². The second kappa shape index (κ2) is 5.19. The Balaban J connectivity index is 4.47. The van der Waals surface area contributed by atoms with Crippen molar-refractivity contribution in [2.75, 3.05) is 7.11 Å². The molecule has 0 radical (unpaired) electrons. The average Bonchev–Trinajstić information content (AvgIpc) is 2.02. The zero-order valence-corrected chi connectivity index (χ0v) is 14.7. The smallest absolute Gasteiger partial charge is 0.298 e. The first kappa shape index (κ1) is 14.7. The second-order valence-electron chi connectivity index (χ2n) is 4.79. The van der Waals surface area contributed by atoms with Crippen LogP contribution >= 0.6 is 0 Å². The summed E-state index contributed by atoms with van der Waals surface area (Å²) in [6.45, 7) is 12.7. The Morgan fingerprint density at radius 2 is 1.50 bits per heavy atom. The molecule has 0 amide bonds. The Bertz CT molecular complexity index is 182. The third-order valence-electron chi connectivity index (χ3n) is 2.86. The van der Waals surface area contributed by atoms with Crippen LogP contribution < -0.4 is 0 Å². The van der Waals surface area contributed by atoms with Crippen molar-refractivity contribution in [2.24, 2.45) is 0 Å². The number of rotatable bonds is 5. The van der Waals surface area contributed by atoms with Crippen molar-refractivity contribution < 1.29 is 13.3 Å². The van der Waals surface area contributed by atoms with Gasteiger partial charge in [-0.3, -0.25) is 0 Å². The van der Waals surface area contributed by atoms with Crippen molar-refractivity contribution in [3.05, 3.63) is 0 Å². The largest absolute Gasteiger partial charge is 0.441 e.